The molecule has 5 aliphatic heterocycles. The van der Waals surface area contributed by atoms with Crippen LogP contribution in [0.4, 0.5) is 17.2 Å². The lowest BCUT2D eigenvalue weighted by molar-refractivity contribution is 0.0747. The number of aliphatic hydroxyl groups is 1. The number of hydrogen-bond acceptors (Lipinski definition) is 9. The molecule has 0 saturated carbocycles. The van der Waals surface area contributed by atoms with Crippen molar-refractivity contribution in [2.45, 2.75) is 43.2 Å². The molecule has 10 nitrogen and oxygen atoms in total. The molecule has 2 atom stereocenters. The molecule has 3 saturated heterocycles. The number of piperidine rings is 3. The minimum Gasteiger partial charge on any atom is -0.394 e. The van der Waals surface area contributed by atoms with Gasteiger partial charge in [-0.05, 0) is 81.2 Å². The first-order valence-electron chi connectivity index (χ1n) is 15.5. The van der Waals surface area contributed by atoms with Crippen molar-refractivity contribution in [1.29, 1.82) is 0 Å². The number of aliphatic hydroxyl groups excluding tert-OH is 1. The molecule has 1 amide bonds. The van der Waals surface area contributed by atoms with Crippen LogP contribution in [0.25, 0.3) is 11.5 Å². The first kappa shape index (κ1) is 27.7. The zero-order valence-corrected chi connectivity index (χ0v) is 25.2. The SMILES string of the molecule is C=C1C=CC2(C)c3cc(Nc4cc(N[C@H](CO)c5ccccc5)c(-c5nc(C67CCN(CC6)CC7)no5)cn4)ccc3C(=O)N12. The number of aromatic nitrogens is 3. The number of rotatable bonds is 8. The van der Waals surface area contributed by atoms with Crippen LogP contribution in [0, 0.1) is 0 Å². The van der Waals surface area contributed by atoms with Crippen molar-refractivity contribution in [2.24, 2.45) is 0 Å². The van der Waals surface area contributed by atoms with Crippen LogP contribution < -0.4 is 10.6 Å². The predicted octanol–water partition coefficient (Wildman–Crippen LogP) is 5.51. The number of pyridine rings is 1. The van der Waals surface area contributed by atoms with Crippen molar-refractivity contribution < 1.29 is 14.4 Å². The fraction of sp³-hybridized carbons (Fsp3) is 0.314. The third kappa shape index (κ3) is 4.47. The van der Waals surface area contributed by atoms with E-state index in [1.165, 1.54) is 0 Å². The molecule has 3 N–H and O–H groups in total. The van der Waals surface area contributed by atoms with Crippen molar-refractivity contribution in [3.05, 3.63) is 108 Å². The first-order valence-corrected chi connectivity index (χ1v) is 15.5. The van der Waals surface area contributed by atoms with Gasteiger partial charge in [0.15, 0.2) is 5.82 Å². The molecule has 2 aromatic carbocycles. The Bertz CT molecular complexity index is 1830. The lowest BCUT2D eigenvalue weighted by Gasteiger charge is -2.46. The van der Waals surface area contributed by atoms with Crippen LogP contribution in [-0.2, 0) is 11.0 Å². The Morgan fingerprint density at radius 1 is 1.07 bits per heavy atom. The highest BCUT2D eigenvalue weighted by molar-refractivity contribution is 6.03. The van der Waals surface area contributed by atoms with E-state index in [1.54, 1.807) is 11.1 Å². The average Bonchev–Trinajstić information content (AvgIpc) is 3.75. The Morgan fingerprint density at radius 3 is 2.60 bits per heavy atom. The normalized spacial score (nSPS) is 25.4. The zero-order valence-electron chi connectivity index (χ0n) is 25.2. The second kappa shape index (κ2) is 10.4. The van der Waals surface area contributed by atoms with E-state index in [0.717, 1.165) is 61.5 Å². The molecule has 10 heteroatoms. The molecule has 1 unspecified atom stereocenters. The van der Waals surface area contributed by atoms with Crippen molar-refractivity contribution in [3.63, 3.8) is 0 Å². The summed E-state index contributed by atoms with van der Waals surface area (Å²) in [4.78, 5) is 27.0. The summed E-state index contributed by atoms with van der Waals surface area (Å²) >= 11 is 0. The van der Waals surface area contributed by atoms with Crippen LogP contribution in [0.3, 0.4) is 0 Å². The fourth-order valence-electron chi connectivity index (χ4n) is 7.38. The van der Waals surface area contributed by atoms with E-state index in [-0.39, 0.29) is 24.0 Å². The number of amides is 1. The summed E-state index contributed by atoms with van der Waals surface area (Å²) in [6.45, 7) is 9.15. The summed E-state index contributed by atoms with van der Waals surface area (Å²) in [6, 6.07) is 17.1. The maximum absolute atomic E-state index is 13.1. The zero-order chi connectivity index (χ0) is 30.8. The van der Waals surface area contributed by atoms with E-state index in [0.29, 0.717) is 34.2 Å². The van der Waals surface area contributed by atoms with Gasteiger partial charge in [-0.15, -0.1) is 0 Å². The molecule has 3 fully saturated rings. The van der Waals surface area contributed by atoms with E-state index in [9.17, 15) is 9.90 Å². The number of carbonyl (C=O) groups excluding carboxylic acids is 1. The van der Waals surface area contributed by atoms with Crippen molar-refractivity contribution >= 4 is 23.1 Å². The van der Waals surface area contributed by atoms with Crippen LogP contribution in [0.15, 0.2) is 89.7 Å². The molecule has 9 rings (SSSR count). The van der Waals surface area contributed by atoms with E-state index < -0.39 is 5.54 Å². The molecule has 5 aliphatic rings. The van der Waals surface area contributed by atoms with Crippen molar-refractivity contribution in [1.82, 2.24) is 24.9 Å². The Hall–Kier alpha value is -4.80. The molecule has 45 heavy (non-hydrogen) atoms. The number of benzene rings is 2. The Morgan fingerprint density at radius 2 is 1.84 bits per heavy atom. The van der Waals surface area contributed by atoms with Crippen LogP contribution in [0.1, 0.15) is 59.5 Å². The van der Waals surface area contributed by atoms with Crippen LogP contribution in [0.5, 0.6) is 0 Å². The summed E-state index contributed by atoms with van der Waals surface area (Å²) in [5.41, 5.74) is 4.77. The van der Waals surface area contributed by atoms with Gasteiger partial charge in [0.1, 0.15) is 5.82 Å². The summed E-state index contributed by atoms with van der Waals surface area (Å²) in [5, 5.41) is 21.8. The number of anilines is 3. The van der Waals surface area contributed by atoms with E-state index >= 15 is 0 Å². The average molecular weight is 602 g/mol. The van der Waals surface area contributed by atoms with Crippen LogP contribution in [-0.4, -0.2) is 62.2 Å². The number of hydrogen-bond donors (Lipinski definition) is 3. The molecular weight excluding hydrogens is 566 g/mol. The standard InChI is InChI=1S/C35H35N7O3/c1-22-10-11-34(2)27-18-24(8-9-25(27)32(44)42(22)34)37-30-19-28(38-29(21-43)23-6-4-3-5-7-23)26(20-36-30)31-39-33(40-45-31)35-12-15-41(16-13-35)17-14-35/h3-11,18-20,29,43H,1,12-17,21H2,2H3,(H2,36,37,38)/t29-,34?/m1/s1. The molecule has 0 spiro atoms. The smallest absolute Gasteiger partial charge is 0.261 e. The van der Waals surface area contributed by atoms with Gasteiger partial charge in [-0.1, -0.05) is 48.1 Å². The Kier molecular flexibility index (Phi) is 6.40. The molecule has 228 valence electrons. The quantitative estimate of drug-likeness (QED) is 0.240. The summed E-state index contributed by atoms with van der Waals surface area (Å²) in [6.07, 6.45) is 8.74. The van der Waals surface area contributed by atoms with Gasteiger partial charge in [0.05, 0.1) is 29.4 Å². The van der Waals surface area contributed by atoms with E-state index in [2.05, 4.69) is 27.3 Å². The largest absolute Gasteiger partial charge is 0.394 e. The minimum absolute atomic E-state index is 0.0429. The van der Waals surface area contributed by atoms with E-state index in [4.69, 9.17) is 14.5 Å². The van der Waals surface area contributed by atoms with Gasteiger partial charge >= 0.3 is 0 Å². The second-order valence-corrected chi connectivity index (χ2v) is 12.7. The number of fused-ring (bicyclic) bond motifs is 6. The maximum Gasteiger partial charge on any atom is 0.261 e. The maximum atomic E-state index is 13.1. The highest BCUT2D eigenvalue weighted by Crippen LogP contribution is 2.47. The number of nitrogens with one attached hydrogen (secondary N) is 2. The third-order valence-electron chi connectivity index (χ3n) is 10.1. The molecule has 7 heterocycles. The van der Waals surface area contributed by atoms with Crippen LogP contribution in [0.2, 0.25) is 0 Å². The van der Waals surface area contributed by atoms with Gasteiger partial charge in [-0.2, -0.15) is 4.98 Å². The van der Waals surface area contributed by atoms with Gasteiger partial charge in [0.25, 0.3) is 11.8 Å². The topological polar surface area (TPSA) is 120 Å². The second-order valence-electron chi connectivity index (χ2n) is 12.7. The molecule has 2 bridgehead atoms. The highest BCUT2D eigenvalue weighted by atomic mass is 16.5. The molecule has 0 aliphatic carbocycles. The first-order chi connectivity index (χ1) is 21.9. The van der Waals surface area contributed by atoms with Gasteiger partial charge in [0.2, 0.25) is 0 Å². The lowest BCUT2D eigenvalue weighted by Crippen LogP contribution is -2.51. The third-order valence-corrected chi connectivity index (χ3v) is 10.1. The van der Waals surface area contributed by atoms with Crippen LogP contribution >= 0.6 is 0 Å². The lowest BCUT2D eigenvalue weighted by atomic mass is 9.71. The number of carbonyl (C=O) groups is 1. The number of allylic oxidation sites excluding steroid dienone is 1. The Labute approximate surface area is 261 Å². The fourth-order valence-corrected chi connectivity index (χ4v) is 7.38. The molecule has 0 radical (unpaired) electrons. The van der Waals surface area contributed by atoms with Gasteiger partial charge < -0.3 is 25.2 Å². The van der Waals surface area contributed by atoms with Crippen molar-refractivity contribution in [3.8, 4) is 11.5 Å². The molecular formula is C35H35N7O3. The summed E-state index contributed by atoms with van der Waals surface area (Å²) in [7, 11) is 0. The van der Waals surface area contributed by atoms with E-state index in [1.807, 2.05) is 73.7 Å². The predicted molar refractivity (Wildman–Crippen MR) is 171 cm³/mol. The highest BCUT2D eigenvalue weighted by Gasteiger charge is 2.48. The van der Waals surface area contributed by atoms with Gasteiger partial charge in [0, 0.05) is 34.6 Å². The monoisotopic (exact) mass is 601 g/mol. The Balaban J connectivity index is 1.14. The summed E-state index contributed by atoms with van der Waals surface area (Å²) < 4.78 is 5.90. The molecule has 4 aromatic rings. The molecule has 2 aromatic heterocycles. The van der Waals surface area contributed by atoms with Gasteiger partial charge in [-0.25, -0.2) is 4.98 Å². The van der Waals surface area contributed by atoms with Crippen molar-refractivity contribution in [2.75, 3.05) is 36.9 Å². The van der Waals surface area contributed by atoms with Gasteiger partial charge in [-0.3, -0.25) is 9.69 Å². The number of nitrogens with zero attached hydrogens (tertiary/aromatic N) is 5. The minimum atomic E-state index is -0.570. The summed E-state index contributed by atoms with van der Waals surface area (Å²) in [5.74, 6) is 1.71.